The minimum atomic E-state index is -0.545. The van der Waals surface area contributed by atoms with Crippen LogP contribution in [0.15, 0.2) is 40.7 Å². The molecule has 0 aliphatic carbocycles. The second-order valence-electron chi connectivity index (χ2n) is 6.65. The van der Waals surface area contributed by atoms with Crippen LogP contribution in [0.25, 0.3) is 0 Å². The smallest absolute Gasteiger partial charge is 0.191 e. The maximum Gasteiger partial charge on any atom is 0.191 e. The Labute approximate surface area is 186 Å². The number of thiophene rings is 1. The fourth-order valence-electron chi connectivity index (χ4n) is 3.26. The topological polar surface area (TPSA) is 39.7 Å². The van der Waals surface area contributed by atoms with Crippen molar-refractivity contribution in [2.75, 3.05) is 31.1 Å². The van der Waals surface area contributed by atoms with E-state index in [1.54, 1.807) is 11.3 Å². The van der Waals surface area contributed by atoms with Gasteiger partial charge < -0.3 is 15.5 Å². The third-order valence-electron chi connectivity index (χ3n) is 4.59. The van der Waals surface area contributed by atoms with Gasteiger partial charge in [-0.1, -0.05) is 0 Å². The van der Waals surface area contributed by atoms with E-state index in [0.29, 0.717) is 24.6 Å². The van der Waals surface area contributed by atoms with E-state index in [1.807, 2.05) is 6.92 Å². The van der Waals surface area contributed by atoms with Gasteiger partial charge in [0.05, 0.1) is 5.00 Å². The van der Waals surface area contributed by atoms with Crippen LogP contribution in [0.4, 0.5) is 13.8 Å². The number of rotatable bonds is 6. The molecule has 4 nitrogen and oxygen atoms in total. The van der Waals surface area contributed by atoms with Crippen LogP contribution < -0.4 is 15.5 Å². The molecule has 1 aromatic heterocycles. The van der Waals surface area contributed by atoms with Crippen LogP contribution in [0.5, 0.6) is 0 Å². The van der Waals surface area contributed by atoms with Gasteiger partial charge in [-0.3, -0.25) is 4.99 Å². The number of aliphatic imine (C=N–C) groups is 1. The number of nitrogens with one attached hydrogen (secondary N) is 2. The highest BCUT2D eigenvalue weighted by Crippen LogP contribution is 2.24. The summed E-state index contributed by atoms with van der Waals surface area (Å²) < 4.78 is 26.5. The molecular weight excluding hydrogens is 493 g/mol. The van der Waals surface area contributed by atoms with E-state index in [2.05, 4.69) is 38.0 Å². The first-order chi connectivity index (χ1) is 13.1. The summed E-state index contributed by atoms with van der Waals surface area (Å²) in [5.41, 5.74) is 0.622. The Kier molecular flexibility index (Phi) is 9.43. The molecule has 154 valence electrons. The van der Waals surface area contributed by atoms with E-state index in [1.165, 1.54) is 17.1 Å². The molecule has 2 aromatic rings. The zero-order chi connectivity index (χ0) is 19.1. The second-order valence-corrected chi connectivity index (χ2v) is 7.57. The van der Waals surface area contributed by atoms with E-state index in [9.17, 15) is 8.78 Å². The molecule has 0 bridgehead atoms. The average Bonchev–Trinajstić information content (AvgIpc) is 3.16. The standard InChI is InChI=1S/C20H26F2N4S.HI/c1-2-23-20(24-8-5-15-12-16(21)14-17(22)13-15)25-18-6-9-26(10-7-18)19-4-3-11-27-19;/h3-4,11-14,18H,2,5-10H2,1H3,(H2,23,24,25);1H. The van der Waals surface area contributed by atoms with Crippen molar-refractivity contribution in [3.05, 3.63) is 52.9 Å². The minimum Gasteiger partial charge on any atom is -0.363 e. The van der Waals surface area contributed by atoms with Crippen molar-refractivity contribution in [1.29, 1.82) is 0 Å². The molecule has 0 atom stereocenters. The first kappa shape index (κ1) is 22.9. The van der Waals surface area contributed by atoms with Crippen LogP contribution >= 0.6 is 35.3 Å². The Morgan fingerprint density at radius 3 is 2.54 bits per heavy atom. The van der Waals surface area contributed by atoms with Crippen molar-refractivity contribution in [3.8, 4) is 0 Å². The number of hydrogen-bond acceptors (Lipinski definition) is 3. The van der Waals surface area contributed by atoms with Gasteiger partial charge in [0.25, 0.3) is 0 Å². The molecular formula is C20H27F2IN4S. The van der Waals surface area contributed by atoms with Crippen LogP contribution in [0.3, 0.4) is 0 Å². The molecule has 3 rings (SSSR count). The molecule has 28 heavy (non-hydrogen) atoms. The summed E-state index contributed by atoms with van der Waals surface area (Å²) in [4.78, 5) is 6.99. The molecule has 8 heteroatoms. The van der Waals surface area contributed by atoms with Crippen LogP contribution in [-0.2, 0) is 6.42 Å². The van der Waals surface area contributed by atoms with Crippen molar-refractivity contribution >= 4 is 46.3 Å². The molecule has 1 aliphatic heterocycles. The van der Waals surface area contributed by atoms with E-state index in [4.69, 9.17) is 0 Å². The van der Waals surface area contributed by atoms with Crippen molar-refractivity contribution < 1.29 is 8.78 Å². The quantitative estimate of drug-likeness (QED) is 0.337. The Bertz CT molecular complexity index is 726. The van der Waals surface area contributed by atoms with Crippen LogP contribution in [0, 0.1) is 11.6 Å². The zero-order valence-corrected chi connectivity index (χ0v) is 19.1. The molecule has 0 radical (unpaired) electrons. The monoisotopic (exact) mass is 520 g/mol. The van der Waals surface area contributed by atoms with Crippen molar-refractivity contribution in [1.82, 2.24) is 10.6 Å². The Morgan fingerprint density at radius 2 is 1.93 bits per heavy atom. The van der Waals surface area contributed by atoms with E-state index >= 15 is 0 Å². The molecule has 2 N–H and O–H groups in total. The lowest BCUT2D eigenvalue weighted by atomic mass is 10.1. The first-order valence-corrected chi connectivity index (χ1v) is 10.3. The normalized spacial score (nSPS) is 15.2. The van der Waals surface area contributed by atoms with Gasteiger partial charge >= 0.3 is 0 Å². The fraction of sp³-hybridized carbons (Fsp3) is 0.450. The molecule has 0 saturated carbocycles. The summed E-state index contributed by atoms with van der Waals surface area (Å²) in [7, 11) is 0. The number of piperidine rings is 1. The van der Waals surface area contributed by atoms with Gasteiger partial charge in [0.1, 0.15) is 11.6 Å². The summed E-state index contributed by atoms with van der Waals surface area (Å²) in [6, 6.07) is 8.24. The first-order valence-electron chi connectivity index (χ1n) is 9.42. The lowest BCUT2D eigenvalue weighted by Crippen LogP contribution is -2.48. The Morgan fingerprint density at radius 1 is 1.21 bits per heavy atom. The predicted octanol–water partition coefficient (Wildman–Crippen LogP) is 4.41. The number of benzene rings is 1. The second kappa shape index (κ2) is 11.5. The van der Waals surface area contributed by atoms with Gasteiger partial charge in [-0.05, 0) is 61.4 Å². The lowest BCUT2D eigenvalue weighted by molar-refractivity contribution is 0.463. The highest BCUT2D eigenvalue weighted by molar-refractivity contribution is 14.0. The molecule has 0 spiro atoms. The molecule has 0 amide bonds. The maximum atomic E-state index is 13.3. The average molecular weight is 520 g/mol. The summed E-state index contributed by atoms with van der Waals surface area (Å²) in [5, 5.41) is 10.2. The van der Waals surface area contributed by atoms with Crippen molar-refractivity contribution in [2.24, 2.45) is 4.99 Å². The molecule has 1 saturated heterocycles. The zero-order valence-electron chi connectivity index (χ0n) is 16.0. The number of guanidine groups is 1. The number of halogens is 3. The predicted molar refractivity (Wildman–Crippen MR) is 124 cm³/mol. The van der Waals surface area contributed by atoms with Gasteiger partial charge in [0.2, 0.25) is 0 Å². The van der Waals surface area contributed by atoms with Crippen molar-refractivity contribution in [2.45, 2.75) is 32.2 Å². The third kappa shape index (κ3) is 6.88. The Hall–Kier alpha value is -1.42. The van der Waals surface area contributed by atoms with E-state index in [-0.39, 0.29) is 24.0 Å². The minimum absolute atomic E-state index is 0. The molecule has 0 unspecified atom stereocenters. The molecule has 1 fully saturated rings. The maximum absolute atomic E-state index is 13.3. The SMILES string of the molecule is CCNC(=NCCc1cc(F)cc(F)c1)NC1CCN(c2cccs2)CC1.I. The number of anilines is 1. The number of hydrogen-bond donors (Lipinski definition) is 2. The summed E-state index contributed by atoms with van der Waals surface area (Å²) in [5.74, 6) is -0.322. The van der Waals surface area contributed by atoms with E-state index in [0.717, 1.165) is 44.5 Å². The van der Waals surface area contributed by atoms with E-state index < -0.39 is 11.6 Å². The molecule has 2 heterocycles. The Balaban J connectivity index is 0.00000280. The van der Waals surface area contributed by atoms with Gasteiger partial charge in [0.15, 0.2) is 5.96 Å². The third-order valence-corrected chi connectivity index (χ3v) is 5.52. The highest BCUT2D eigenvalue weighted by Gasteiger charge is 2.20. The van der Waals surface area contributed by atoms with Gasteiger partial charge in [-0.15, -0.1) is 35.3 Å². The van der Waals surface area contributed by atoms with Crippen LogP contribution in [-0.4, -0.2) is 38.2 Å². The lowest BCUT2D eigenvalue weighted by Gasteiger charge is -2.33. The summed E-state index contributed by atoms with van der Waals surface area (Å²) >= 11 is 1.78. The van der Waals surface area contributed by atoms with Gasteiger partial charge in [-0.2, -0.15) is 0 Å². The summed E-state index contributed by atoms with van der Waals surface area (Å²) in [6.07, 6.45) is 2.61. The van der Waals surface area contributed by atoms with Gasteiger partial charge in [-0.25, -0.2) is 8.78 Å². The molecule has 1 aliphatic rings. The van der Waals surface area contributed by atoms with Crippen LogP contribution in [0.2, 0.25) is 0 Å². The largest absolute Gasteiger partial charge is 0.363 e. The number of nitrogens with zero attached hydrogens (tertiary/aromatic N) is 2. The van der Waals surface area contributed by atoms with Crippen molar-refractivity contribution in [3.63, 3.8) is 0 Å². The van der Waals surface area contributed by atoms with Gasteiger partial charge in [0, 0.05) is 38.3 Å². The highest BCUT2D eigenvalue weighted by atomic mass is 127. The summed E-state index contributed by atoms with van der Waals surface area (Å²) in [6.45, 7) is 5.33. The fourth-order valence-corrected chi connectivity index (χ4v) is 4.04. The van der Waals surface area contributed by atoms with Crippen LogP contribution in [0.1, 0.15) is 25.3 Å². The molecule has 1 aromatic carbocycles.